The van der Waals surface area contributed by atoms with Gasteiger partial charge in [0.2, 0.25) is 10.0 Å². The van der Waals surface area contributed by atoms with Crippen LogP contribution in [0.25, 0.3) is 0 Å². The van der Waals surface area contributed by atoms with Crippen molar-refractivity contribution in [3.8, 4) is 0 Å². The van der Waals surface area contributed by atoms with Crippen molar-refractivity contribution in [1.29, 1.82) is 0 Å². The maximum Gasteiger partial charge on any atom is 0.214 e. The highest BCUT2D eigenvalue weighted by molar-refractivity contribution is 7.89. The summed E-state index contributed by atoms with van der Waals surface area (Å²) in [6.45, 7) is 4.15. The van der Waals surface area contributed by atoms with E-state index in [-0.39, 0.29) is 5.75 Å². The van der Waals surface area contributed by atoms with E-state index in [2.05, 4.69) is 12.2 Å². The van der Waals surface area contributed by atoms with Crippen molar-refractivity contribution in [2.24, 2.45) is 0 Å². The molecule has 0 aliphatic carbocycles. The molecule has 1 N–H and O–H groups in total. The summed E-state index contributed by atoms with van der Waals surface area (Å²) in [6, 6.07) is 3.65. The maximum absolute atomic E-state index is 12.0. The molecule has 0 bridgehead atoms. The van der Waals surface area contributed by atoms with Crippen molar-refractivity contribution in [1.82, 2.24) is 9.62 Å². The van der Waals surface area contributed by atoms with Crippen LogP contribution >= 0.6 is 22.9 Å². The minimum Gasteiger partial charge on any atom is -0.317 e. The molecule has 19 heavy (non-hydrogen) atoms. The molecule has 0 unspecified atom stereocenters. The molecule has 0 atom stereocenters. The number of halogens is 1. The number of nitrogens with one attached hydrogen (secondary N) is 1. The van der Waals surface area contributed by atoms with E-state index in [1.165, 1.54) is 15.6 Å². The minimum atomic E-state index is -3.18. The number of hydrogen-bond acceptors (Lipinski definition) is 4. The van der Waals surface area contributed by atoms with Crippen LogP contribution in [0.15, 0.2) is 12.1 Å². The van der Waals surface area contributed by atoms with Crippen LogP contribution in [0.5, 0.6) is 0 Å². The number of sulfonamides is 1. The van der Waals surface area contributed by atoms with Crippen molar-refractivity contribution < 1.29 is 8.42 Å². The van der Waals surface area contributed by atoms with E-state index in [0.29, 0.717) is 17.3 Å². The Bertz CT molecular complexity index is 474. The van der Waals surface area contributed by atoms with Crippen LogP contribution < -0.4 is 5.32 Å². The van der Waals surface area contributed by atoms with Gasteiger partial charge in [0.05, 0.1) is 10.1 Å². The van der Waals surface area contributed by atoms with Gasteiger partial charge in [-0.05, 0) is 38.1 Å². The molecular formula is C12H21ClN2O2S2. The molecule has 4 nitrogen and oxygen atoms in total. The lowest BCUT2D eigenvalue weighted by Crippen LogP contribution is -2.30. The molecule has 0 radical (unpaired) electrons. The van der Waals surface area contributed by atoms with Gasteiger partial charge in [0.15, 0.2) is 0 Å². The second kappa shape index (κ2) is 8.21. The summed E-state index contributed by atoms with van der Waals surface area (Å²) in [4.78, 5) is 0.959. The summed E-state index contributed by atoms with van der Waals surface area (Å²) >= 11 is 7.25. The number of thiophene rings is 1. The summed E-state index contributed by atoms with van der Waals surface area (Å²) in [7, 11) is -1.57. The molecule has 0 amide bonds. The molecule has 7 heteroatoms. The van der Waals surface area contributed by atoms with E-state index in [1.807, 2.05) is 6.07 Å². The minimum absolute atomic E-state index is 0.180. The van der Waals surface area contributed by atoms with E-state index in [9.17, 15) is 8.42 Å². The van der Waals surface area contributed by atoms with Crippen LogP contribution in [0.1, 0.15) is 24.6 Å². The fourth-order valence-corrected chi connectivity index (χ4v) is 3.97. The lowest BCUT2D eigenvalue weighted by atomic mass is 10.4. The Morgan fingerprint density at radius 1 is 1.37 bits per heavy atom. The Labute approximate surface area is 124 Å². The average molecular weight is 325 g/mol. The van der Waals surface area contributed by atoms with E-state index in [4.69, 9.17) is 11.6 Å². The molecule has 1 aromatic rings. The van der Waals surface area contributed by atoms with Crippen molar-refractivity contribution in [3.05, 3.63) is 21.3 Å². The van der Waals surface area contributed by atoms with Crippen molar-refractivity contribution in [2.45, 2.75) is 26.3 Å². The van der Waals surface area contributed by atoms with Crippen LogP contribution in [0, 0.1) is 0 Å². The first-order valence-corrected chi connectivity index (χ1v) is 9.15. The Kier molecular flexibility index (Phi) is 7.31. The summed E-state index contributed by atoms with van der Waals surface area (Å²) < 4.78 is 26.2. The zero-order chi connectivity index (χ0) is 14.3. The van der Waals surface area contributed by atoms with Crippen molar-refractivity contribution >= 4 is 33.0 Å². The maximum atomic E-state index is 12.0. The summed E-state index contributed by atoms with van der Waals surface area (Å²) in [5.74, 6) is 0.180. The highest BCUT2D eigenvalue weighted by atomic mass is 35.5. The first-order valence-electron chi connectivity index (χ1n) is 6.34. The topological polar surface area (TPSA) is 49.4 Å². The van der Waals surface area contributed by atoms with Gasteiger partial charge in [0.25, 0.3) is 0 Å². The highest BCUT2D eigenvalue weighted by Gasteiger charge is 2.18. The monoisotopic (exact) mass is 324 g/mol. The molecule has 1 heterocycles. The van der Waals surface area contributed by atoms with Crippen molar-refractivity contribution in [3.63, 3.8) is 0 Å². The number of hydrogen-bond donors (Lipinski definition) is 1. The van der Waals surface area contributed by atoms with Crippen LogP contribution in [0.4, 0.5) is 0 Å². The first-order chi connectivity index (χ1) is 8.95. The zero-order valence-corrected chi connectivity index (χ0v) is 13.7. The Hall–Kier alpha value is -0.140. The second-order valence-electron chi connectivity index (χ2n) is 4.38. The molecule has 0 aliphatic rings. The van der Waals surface area contributed by atoms with Gasteiger partial charge in [-0.25, -0.2) is 8.42 Å². The predicted octanol–water partition coefficient (Wildman–Crippen LogP) is 2.55. The first kappa shape index (κ1) is 16.9. The lowest BCUT2D eigenvalue weighted by Gasteiger charge is -2.16. The van der Waals surface area contributed by atoms with Gasteiger partial charge in [-0.15, -0.1) is 11.3 Å². The standard InChI is InChI=1S/C12H21ClN2O2S2/c1-3-7-14-8-4-9-19(16,17)15(2)10-11-5-6-12(13)18-11/h5-6,14H,3-4,7-10H2,1-2H3. The molecule has 0 aliphatic heterocycles. The largest absolute Gasteiger partial charge is 0.317 e. The molecule has 1 aromatic heterocycles. The van der Waals surface area contributed by atoms with Gasteiger partial charge in [-0.2, -0.15) is 4.31 Å². The summed E-state index contributed by atoms with van der Waals surface area (Å²) in [5, 5.41) is 3.20. The Morgan fingerprint density at radius 2 is 2.11 bits per heavy atom. The predicted molar refractivity (Wildman–Crippen MR) is 82.4 cm³/mol. The third-order valence-corrected chi connectivity index (χ3v) is 5.76. The summed E-state index contributed by atoms with van der Waals surface area (Å²) in [5.41, 5.74) is 0. The van der Waals surface area contributed by atoms with Gasteiger partial charge in [-0.1, -0.05) is 18.5 Å². The zero-order valence-electron chi connectivity index (χ0n) is 11.4. The van der Waals surface area contributed by atoms with Crippen LogP contribution in [0.3, 0.4) is 0 Å². The SMILES string of the molecule is CCCNCCCS(=O)(=O)N(C)Cc1ccc(Cl)s1. The van der Waals surface area contributed by atoms with Crippen LogP contribution in [-0.2, 0) is 16.6 Å². The number of nitrogens with zero attached hydrogens (tertiary/aromatic N) is 1. The third-order valence-electron chi connectivity index (χ3n) is 2.66. The molecule has 0 spiro atoms. The smallest absolute Gasteiger partial charge is 0.214 e. The molecule has 0 saturated heterocycles. The quantitative estimate of drug-likeness (QED) is 0.710. The van der Waals surface area contributed by atoms with Gasteiger partial charge >= 0.3 is 0 Å². The Balaban J connectivity index is 2.39. The van der Waals surface area contributed by atoms with Gasteiger partial charge in [-0.3, -0.25) is 0 Å². The van der Waals surface area contributed by atoms with Gasteiger partial charge in [0, 0.05) is 18.5 Å². The fourth-order valence-electron chi connectivity index (χ4n) is 1.59. The molecular weight excluding hydrogens is 304 g/mol. The lowest BCUT2D eigenvalue weighted by molar-refractivity contribution is 0.467. The molecule has 0 fully saturated rings. The molecule has 0 aromatic carbocycles. The second-order valence-corrected chi connectivity index (χ2v) is 8.38. The van der Waals surface area contributed by atoms with E-state index in [0.717, 1.165) is 24.4 Å². The van der Waals surface area contributed by atoms with E-state index >= 15 is 0 Å². The van der Waals surface area contributed by atoms with Crippen LogP contribution in [0.2, 0.25) is 4.34 Å². The molecule has 110 valence electrons. The van der Waals surface area contributed by atoms with E-state index < -0.39 is 10.0 Å². The van der Waals surface area contributed by atoms with Gasteiger partial charge < -0.3 is 5.32 Å². The average Bonchev–Trinajstić information content (AvgIpc) is 2.74. The highest BCUT2D eigenvalue weighted by Crippen LogP contribution is 2.23. The summed E-state index contributed by atoms with van der Waals surface area (Å²) in [6.07, 6.45) is 1.70. The fraction of sp³-hybridized carbons (Fsp3) is 0.667. The molecule has 1 rings (SSSR count). The van der Waals surface area contributed by atoms with Crippen molar-refractivity contribution in [2.75, 3.05) is 25.9 Å². The van der Waals surface area contributed by atoms with Crippen LogP contribution in [-0.4, -0.2) is 38.6 Å². The third kappa shape index (κ3) is 6.23. The Morgan fingerprint density at radius 3 is 2.68 bits per heavy atom. The normalized spacial score (nSPS) is 12.2. The van der Waals surface area contributed by atoms with Gasteiger partial charge in [0.1, 0.15) is 0 Å². The molecule has 0 saturated carbocycles. The number of rotatable bonds is 9. The van der Waals surface area contributed by atoms with E-state index in [1.54, 1.807) is 13.1 Å².